The first-order chi connectivity index (χ1) is 15.1. The number of hydrazone groups is 1. The Labute approximate surface area is 183 Å². The van der Waals surface area contributed by atoms with Gasteiger partial charge in [0, 0.05) is 5.56 Å². The van der Waals surface area contributed by atoms with Crippen LogP contribution in [0.3, 0.4) is 0 Å². The highest BCUT2D eigenvalue weighted by Gasteiger charge is 2.30. The van der Waals surface area contributed by atoms with Crippen LogP contribution in [0.5, 0.6) is 5.75 Å². The molecule has 0 radical (unpaired) electrons. The van der Waals surface area contributed by atoms with Gasteiger partial charge in [0.15, 0.2) is 6.61 Å². The molecule has 32 heavy (non-hydrogen) atoms. The van der Waals surface area contributed by atoms with Gasteiger partial charge in [-0.3, -0.25) is 4.79 Å². The fraction of sp³-hybridized carbons (Fsp3) is 0.250. The van der Waals surface area contributed by atoms with Crippen LogP contribution in [-0.4, -0.2) is 18.7 Å². The van der Waals surface area contributed by atoms with Crippen LogP contribution >= 0.6 is 0 Å². The molecule has 0 atom stereocenters. The predicted octanol–water partition coefficient (Wildman–Crippen LogP) is 5.93. The monoisotopic (exact) mass is 444 g/mol. The molecule has 1 aromatic heterocycles. The smallest absolute Gasteiger partial charge is 0.416 e. The minimum absolute atomic E-state index is 0.214. The first kappa shape index (κ1) is 23.1. The van der Waals surface area contributed by atoms with Crippen LogP contribution in [0.1, 0.15) is 42.2 Å². The number of amides is 1. The SMILES string of the molecule is Cc1ccc(C(C)C)c(OCC(=O)NN=Cc2ccc(-c3cccc(C(F)(F)F)c3)o2)c1. The van der Waals surface area contributed by atoms with Gasteiger partial charge in [-0.15, -0.1) is 0 Å². The highest BCUT2D eigenvalue weighted by atomic mass is 19.4. The third-order valence-electron chi connectivity index (χ3n) is 4.63. The molecule has 0 saturated carbocycles. The van der Waals surface area contributed by atoms with Crippen molar-refractivity contribution in [2.24, 2.45) is 5.10 Å². The number of furan rings is 1. The molecule has 0 saturated heterocycles. The summed E-state index contributed by atoms with van der Waals surface area (Å²) in [5.74, 6) is 0.974. The molecule has 0 aliphatic heterocycles. The minimum atomic E-state index is -4.44. The minimum Gasteiger partial charge on any atom is -0.483 e. The van der Waals surface area contributed by atoms with Gasteiger partial charge in [0.05, 0.1) is 11.8 Å². The number of carbonyl (C=O) groups is 1. The van der Waals surface area contributed by atoms with Gasteiger partial charge in [-0.1, -0.05) is 38.1 Å². The van der Waals surface area contributed by atoms with Gasteiger partial charge in [0.25, 0.3) is 5.91 Å². The Morgan fingerprint density at radius 3 is 2.66 bits per heavy atom. The zero-order chi connectivity index (χ0) is 23.3. The van der Waals surface area contributed by atoms with Crippen LogP contribution in [0.4, 0.5) is 13.2 Å². The summed E-state index contributed by atoms with van der Waals surface area (Å²) in [5, 5.41) is 3.81. The summed E-state index contributed by atoms with van der Waals surface area (Å²) in [6.07, 6.45) is -3.17. The van der Waals surface area contributed by atoms with Crippen LogP contribution in [0, 0.1) is 6.92 Å². The van der Waals surface area contributed by atoms with E-state index in [4.69, 9.17) is 9.15 Å². The van der Waals surface area contributed by atoms with Gasteiger partial charge < -0.3 is 9.15 Å². The van der Waals surface area contributed by atoms with Crippen molar-refractivity contribution in [2.45, 2.75) is 32.9 Å². The molecule has 1 amide bonds. The number of halogens is 3. The predicted molar refractivity (Wildman–Crippen MR) is 116 cm³/mol. The van der Waals surface area contributed by atoms with E-state index in [-0.39, 0.29) is 29.6 Å². The molecule has 0 aliphatic carbocycles. The second-order valence-electron chi connectivity index (χ2n) is 7.56. The van der Waals surface area contributed by atoms with Crippen molar-refractivity contribution in [1.29, 1.82) is 0 Å². The van der Waals surface area contributed by atoms with E-state index in [1.807, 2.05) is 39.0 Å². The van der Waals surface area contributed by atoms with Gasteiger partial charge in [-0.05, 0) is 54.3 Å². The van der Waals surface area contributed by atoms with Crippen LogP contribution in [-0.2, 0) is 11.0 Å². The lowest BCUT2D eigenvalue weighted by Gasteiger charge is -2.14. The van der Waals surface area contributed by atoms with Crippen LogP contribution < -0.4 is 10.2 Å². The van der Waals surface area contributed by atoms with Crippen LogP contribution in [0.2, 0.25) is 0 Å². The Balaban J connectivity index is 1.58. The second kappa shape index (κ2) is 9.72. The number of ether oxygens (including phenoxy) is 1. The Morgan fingerprint density at radius 1 is 1.16 bits per heavy atom. The molecule has 1 N–H and O–H groups in total. The molecule has 168 valence electrons. The zero-order valence-electron chi connectivity index (χ0n) is 17.9. The molecule has 8 heteroatoms. The van der Waals surface area contributed by atoms with E-state index in [0.29, 0.717) is 5.75 Å². The molecule has 0 unspecified atom stereocenters. The Bertz CT molecular complexity index is 1120. The van der Waals surface area contributed by atoms with E-state index < -0.39 is 17.6 Å². The number of benzene rings is 2. The Morgan fingerprint density at radius 2 is 1.94 bits per heavy atom. The maximum atomic E-state index is 12.9. The quantitative estimate of drug-likeness (QED) is 0.363. The number of rotatable bonds is 7. The highest BCUT2D eigenvalue weighted by Crippen LogP contribution is 2.32. The van der Waals surface area contributed by atoms with Gasteiger partial charge in [0.1, 0.15) is 17.3 Å². The zero-order valence-corrected chi connectivity index (χ0v) is 17.9. The number of carbonyl (C=O) groups excluding carboxylic acids is 1. The van der Waals surface area contributed by atoms with Crippen molar-refractivity contribution in [2.75, 3.05) is 6.61 Å². The molecule has 3 rings (SSSR count). The van der Waals surface area contributed by atoms with Crippen molar-refractivity contribution in [3.05, 3.63) is 77.0 Å². The average molecular weight is 444 g/mol. The number of hydrogen-bond acceptors (Lipinski definition) is 4. The molecule has 1 heterocycles. The number of alkyl halides is 3. The fourth-order valence-electron chi connectivity index (χ4n) is 3.01. The van der Waals surface area contributed by atoms with E-state index in [0.717, 1.165) is 23.3 Å². The molecule has 0 aliphatic rings. The van der Waals surface area contributed by atoms with Crippen molar-refractivity contribution in [3.63, 3.8) is 0 Å². The van der Waals surface area contributed by atoms with E-state index >= 15 is 0 Å². The van der Waals surface area contributed by atoms with Gasteiger partial charge in [-0.2, -0.15) is 18.3 Å². The Hall–Kier alpha value is -3.55. The maximum Gasteiger partial charge on any atom is 0.416 e. The molecular weight excluding hydrogens is 421 g/mol. The summed E-state index contributed by atoms with van der Waals surface area (Å²) >= 11 is 0. The van der Waals surface area contributed by atoms with Crippen molar-refractivity contribution >= 4 is 12.1 Å². The van der Waals surface area contributed by atoms with E-state index in [1.54, 1.807) is 6.07 Å². The molecule has 0 bridgehead atoms. The largest absolute Gasteiger partial charge is 0.483 e. The first-order valence-electron chi connectivity index (χ1n) is 9.96. The fourth-order valence-corrected chi connectivity index (χ4v) is 3.01. The summed E-state index contributed by atoms with van der Waals surface area (Å²) in [4.78, 5) is 12.0. The maximum absolute atomic E-state index is 12.9. The van der Waals surface area contributed by atoms with E-state index in [2.05, 4.69) is 10.5 Å². The lowest BCUT2D eigenvalue weighted by molar-refractivity contribution is -0.137. The number of nitrogens with one attached hydrogen (secondary N) is 1. The third-order valence-corrected chi connectivity index (χ3v) is 4.63. The summed E-state index contributed by atoms with van der Waals surface area (Å²) < 4.78 is 49.8. The highest BCUT2D eigenvalue weighted by molar-refractivity contribution is 5.81. The Kier molecular flexibility index (Phi) is 7.02. The lowest BCUT2D eigenvalue weighted by atomic mass is 10.0. The van der Waals surface area contributed by atoms with Crippen molar-refractivity contribution < 1.29 is 27.1 Å². The van der Waals surface area contributed by atoms with Gasteiger partial charge in [0.2, 0.25) is 0 Å². The summed E-state index contributed by atoms with van der Waals surface area (Å²) in [5.41, 5.74) is 3.90. The van der Waals surface area contributed by atoms with Gasteiger partial charge >= 0.3 is 6.18 Å². The first-order valence-corrected chi connectivity index (χ1v) is 9.96. The molecular formula is C24H23F3N2O3. The lowest BCUT2D eigenvalue weighted by Crippen LogP contribution is -2.24. The normalized spacial score (nSPS) is 11.8. The van der Waals surface area contributed by atoms with Crippen LogP contribution in [0.25, 0.3) is 11.3 Å². The van der Waals surface area contributed by atoms with Crippen molar-refractivity contribution in [1.82, 2.24) is 5.43 Å². The average Bonchev–Trinajstić information content (AvgIpc) is 3.20. The van der Waals surface area contributed by atoms with E-state index in [1.165, 1.54) is 24.4 Å². The summed E-state index contributed by atoms with van der Waals surface area (Å²) in [6.45, 7) is 5.81. The standard InChI is InChI=1S/C24H23F3N2O3/c1-15(2)20-9-7-16(3)11-22(20)31-14-23(30)29-28-13-19-8-10-21(32-19)17-5-4-6-18(12-17)24(25,26)27/h4-13,15H,14H2,1-3H3,(H,29,30). The number of hydrogen-bond donors (Lipinski definition) is 1. The van der Waals surface area contributed by atoms with Crippen LogP contribution in [0.15, 0.2) is 64.1 Å². The summed E-state index contributed by atoms with van der Waals surface area (Å²) in [6, 6.07) is 13.8. The topological polar surface area (TPSA) is 63.8 Å². The number of nitrogens with zero attached hydrogens (tertiary/aromatic N) is 1. The van der Waals surface area contributed by atoms with E-state index in [9.17, 15) is 18.0 Å². The van der Waals surface area contributed by atoms with Crippen molar-refractivity contribution in [3.8, 4) is 17.1 Å². The summed E-state index contributed by atoms with van der Waals surface area (Å²) in [7, 11) is 0. The second-order valence-corrected chi connectivity index (χ2v) is 7.56. The number of aryl methyl sites for hydroxylation is 1. The molecule has 3 aromatic rings. The molecule has 0 fully saturated rings. The third kappa shape index (κ3) is 6.00. The van der Waals surface area contributed by atoms with Gasteiger partial charge in [-0.25, -0.2) is 5.43 Å². The molecule has 2 aromatic carbocycles. The molecule has 0 spiro atoms. The molecule has 5 nitrogen and oxygen atoms in total.